The number of hydrogen-bond acceptors (Lipinski definition) is 5. The molecule has 106 valence electrons. The smallest absolute Gasteiger partial charge is 0.166 e. The number of hydrogen-bond donors (Lipinski definition) is 1. The zero-order chi connectivity index (χ0) is 14.7. The summed E-state index contributed by atoms with van der Waals surface area (Å²) in [5.74, 6) is 1.52. The third-order valence-electron chi connectivity index (χ3n) is 3.06. The van der Waals surface area contributed by atoms with Gasteiger partial charge in [-0.3, -0.25) is 0 Å². The SMILES string of the molecule is Cc1ccc(-n2nnnc2CSc2ccc(N)cc2)cc1. The van der Waals surface area contributed by atoms with Crippen molar-refractivity contribution < 1.29 is 0 Å². The number of rotatable bonds is 4. The lowest BCUT2D eigenvalue weighted by atomic mass is 10.2. The van der Waals surface area contributed by atoms with Crippen LogP contribution in [0.3, 0.4) is 0 Å². The average molecular weight is 297 g/mol. The molecule has 21 heavy (non-hydrogen) atoms. The van der Waals surface area contributed by atoms with Crippen LogP contribution in [0.2, 0.25) is 0 Å². The maximum atomic E-state index is 5.68. The van der Waals surface area contributed by atoms with Gasteiger partial charge in [-0.25, -0.2) is 0 Å². The summed E-state index contributed by atoms with van der Waals surface area (Å²) < 4.78 is 1.77. The Hall–Kier alpha value is -2.34. The molecule has 2 aromatic carbocycles. The van der Waals surface area contributed by atoms with E-state index in [-0.39, 0.29) is 0 Å². The first kappa shape index (κ1) is 13.6. The van der Waals surface area contributed by atoms with Gasteiger partial charge >= 0.3 is 0 Å². The minimum absolute atomic E-state index is 0.699. The van der Waals surface area contributed by atoms with Gasteiger partial charge in [0.2, 0.25) is 0 Å². The summed E-state index contributed by atoms with van der Waals surface area (Å²) in [7, 11) is 0. The Morgan fingerprint density at radius 3 is 2.48 bits per heavy atom. The first-order chi connectivity index (χ1) is 10.2. The van der Waals surface area contributed by atoms with Crippen molar-refractivity contribution in [2.75, 3.05) is 5.73 Å². The molecule has 0 bridgehead atoms. The lowest BCUT2D eigenvalue weighted by molar-refractivity contribution is 0.777. The summed E-state index contributed by atoms with van der Waals surface area (Å²) in [4.78, 5) is 1.14. The predicted octanol–water partition coefficient (Wildman–Crippen LogP) is 2.85. The number of aromatic nitrogens is 4. The average Bonchev–Trinajstić information content (AvgIpc) is 2.96. The molecule has 3 rings (SSSR count). The standard InChI is InChI=1S/C15H15N5S/c1-11-2-6-13(7-3-11)20-15(17-18-19-20)10-21-14-8-4-12(16)5-9-14/h2-9H,10,16H2,1H3. The molecule has 0 spiro atoms. The quantitative estimate of drug-likeness (QED) is 0.592. The molecule has 0 saturated carbocycles. The predicted molar refractivity (Wildman–Crippen MR) is 84.3 cm³/mol. The van der Waals surface area contributed by atoms with Crippen LogP contribution in [-0.4, -0.2) is 20.2 Å². The Morgan fingerprint density at radius 2 is 1.76 bits per heavy atom. The van der Waals surface area contributed by atoms with E-state index in [2.05, 4.69) is 22.4 Å². The number of nitrogens with two attached hydrogens (primary N) is 1. The third-order valence-corrected chi connectivity index (χ3v) is 4.07. The zero-order valence-electron chi connectivity index (χ0n) is 11.6. The van der Waals surface area contributed by atoms with Crippen molar-refractivity contribution in [2.24, 2.45) is 0 Å². The molecule has 0 atom stereocenters. The Balaban J connectivity index is 1.76. The van der Waals surface area contributed by atoms with Crippen LogP contribution in [0.4, 0.5) is 5.69 Å². The highest BCUT2D eigenvalue weighted by atomic mass is 32.2. The number of benzene rings is 2. The highest BCUT2D eigenvalue weighted by Gasteiger charge is 2.08. The van der Waals surface area contributed by atoms with Crippen molar-refractivity contribution in [1.29, 1.82) is 0 Å². The topological polar surface area (TPSA) is 69.6 Å². The molecule has 5 nitrogen and oxygen atoms in total. The van der Waals surface area contributed by atoms with E-state index in [1.165, 1.54) is 5.56 Å². The summed E-state index contributed by atoms with van der Waals surface area (Å²) in [5.41, 5.74) is 8.63. The van der Waals surface area contributed by atoms with Crippen molar-refractivity contribution in [1.82, 2.24) is 20.2 Å². The van der Waals surface area contributed by atoms with Gasteiger partial charge in [0.25, 0.3) is 0 Å². The second-order valence-corrected chi connectivity index (χ2v) is 5.75. The maximum Gasteiger partial charge on any atom is 0.166 e. The molecule has 0 aliphatic carbocycles. The molecule has 3 aromatic rings. The molecular formula is C15H15N5S. The fourth-order valence-electron chi connectivity index (χ4n) is 1.89. The monoisotopic (exact) mass is 297 g/mol. The van der Waals surface area contributed by atoms with Crippen molar-refractivity contribution in [2.45, 2.75) is 17.6 Å². The van der Waals surface area contributed by atoms with E-state index in [1.807, 2.05) is 48.5 Å². The Morgan fingerprint density at radius 1 is 1.05 bits per heavy atom. The van der Waals surface area contributed by atoms with E-state index in [0.717, 1.165) is 22.1 Å². The second kappa shape index (κ2) is 5.97. The molecule has 0 aliphatic heterocycles. The molecule has 1 aromatic heterocycles. The minimum Gasteiger partial charge on any atom is -0.399 e. The number of aryl methyl sites for hydroxylation is 1. The minimum atomic E-state index is 0.699. The van der Waals surface area contributed by atoms with Gasteiger partial charge < -0.3 is 5.73 Å². The lowest BCUT2D eigenvalue weighted by Gasteiger charge is -2.05. The van der Waals surface area contributed by atoms with Gasteiger partial charge in [0.1, 0.15) is 0 Å². The first-order valence-corrected chi connectivity index (χ1v) is 7.53. The fraction of sp³-hybridized carbons (Fsp3) is 0.133. The summed E-state index contributed by atoms with van der Waals surface area (Å²) in [6.45, 7) is 2.06. The summed E-state index contributed by atoms with van der Waals surface area (Å²) in [5, 5.41) is 11.9. The van der Waals surface area contributed by atoms with Crippen LogP contribution in [0.1, 0.15) is 11.4 Å². The second-order valence-electron chi connectivity index (χ2n) is 4.70. The molecule has 0 amide bonds. The zero-order valence-corrected chi connectivity index (χ0v) is 12.4. The molecule has 0 saturated heterocycles. The number of nitrogen functional groups attached to an aromatic ring is 1. The van der Waals surface area contributed by atoms with Gasteiger partial charge in [0.05, 0.1) is 11.4 Å². The van der Waals surface area contributed by atoms with E-state index in [9.17, 15) is 0 Å². The molecule has 1 heterocycles. The molecular weight excluding hydrogens is 282 g/mol. The fourth-order valence-corrected chi connectivity index (χ4v) is 2.70. The van der Waals surface area contributed by atoms with Crippen LogP contribution in [0, 0.1) is 6.92 Å². The largest absolute Gasteiger partial charge is 0.399 e. The van der Waals surface area contributed by atoms with E-state index < -0.39 is 0 Å². The van der Waals surface area contributed by atoms with Crippen LogP contribution in [-0.2, 0) is 5.75 Å². The Bertz CT molecular complexity index is 719. The summed E-state index contributed by atoms with van der Waals surface area (Å²) in [6.07, 6.45) is 0. The number of anilines is 1. The first-order valence-electron chi connectivity index (χ1n) is 6.55. The van der Waals surface area contributed by atoms with Gasteiger partial charge in [-0.05, 0) is 53.7 Å². The van der Waals surface area contributed by atoms with Crippen molar-refractivity contribution >= 4 is 17.4 Å². The highest BCUT2D eigenvalue weighted by molar-refractivity contribution is 7.98. The van der Waals surface area contributed by atoms with Gasteiger partial charge in [0, 0.05) is 10.6 Å². The van der Waals surface area contributed by atoms with Crippen molar-refractivity contribution in [3.05, 3.63) is 59.9 Å². The van der Waals surface area contributed by atoms with E-state index in [0.29, 0.717) is 5.75 Å². The maximum absolute atomic E-state index is 5.68. The van der Waals surface area contributed by atoms with E-state index >= 15 is 0 Å². The van der Waals surface area contributed by atoms with Gasteiger partial charge in [-0.1, -0.05) is 17.7 Å². The van der Waals surface area contributed by atoms with Crippen molar-refractivity contribution in [3.63, 3.8) is 0 Å². The van der Waals surface area contributed by atoms with Gasteiger partial charge in [-0.15, -0.1) is 16.9 Å². The van der Waals surface area contributed by atoms with Crippen LogP contribution in [0.25, 0.3) is 5.69 Å². The number of thioether (sulfide) groups is 1. The highest BCUT2D eigenvalue weighted by Crippen LogP contribution is 2.23. The normalized spacial score (nSPS) is 10.7. The van der Waals surface area contributed by atoms with E-state index in [4.69, 9.17) is 5.73 Å². The number of tetrazole rings is 1. The van der Waals surface area contributed by atoms with Crippen molar-refractivity contribution in [3.8, 4) is 5.69 Å². The van der Waals surface area contributed by atoms with Crippen LogP contribution in [0.15, 0.2) is 53.4 Å². The Kier molecular flexibility index (Phi) is 3.87. The van der Waals surface area contributed by atoms with Crippen LogP contribution in [0.5, 0.6) is 0 Å². The third kappa shape index (κ3) is 3.22. The lowest BCUT2D eigenvalue weighted by Crippen LogP contribution is -2.02. The molecule has 2 N–H and O–H groups in total. The summed E-state index contributed by atoms with van der Waals surface area (Å²) in [6, 6.07) is 15.9. The molecule has 0 unspecified atom stereocenters. The van der Waals surface area contributed by atoms with Crippen LogP contribution < -0.4 is 5.73 Å². The molecule has 0 radical (unpaired) electrons. The molecule has 6 heteroatoms. The number of nitrogens with zero attached hydrogens (tertiary/aromatic N) is 4. The summed E-state index contributed by atoms with van der Waals surface area (Å²) >= 11 is 1.68. The molecule has 0 aliphatic rings. The van der Waals surface area contributed by atoms with Gasteiger partial charge in [-0.2, -0.15) is 4.68 Å². The Labute approximate surface area is 127 Å². The molecule has 0 fully saturated rings. The van der Waals surface area contributed by atoms with E-state index in [1.54, 1.807) is 16.4 Å². The van der Waals surface area contributed by atoms with Gasteiger partial charge in [0.15, 0.2) is 5.82 Å². The van der Waals surface area contributed by atoms with Crippen LogP contribution >= 0.6 is 11.8 Å².